The molecule has 1 saturated heterocycles. The summed E-state index contributed by atoms with van der Waals surface area (Å²) >= 11 is 1.28. The molecule has 124 valence electrons. The summed E-state index contributed by atoms with van der Waals surface area (Å²) in [5, 5.41) is 7.74. The number of rotatable bonds is 3. The van der Waals surface area contributed by atoms with Crippen molar-refractivity contribution < 1.29 is 14.4 Å². The predicted octanol–water partition coefficient (Wildman–Crippen LogP) is 2.25. The highest BCUT2D eigenvalue weighted by molar-refractivity contribution is 7.13. The number of urea groups is 1. The van der Waals surface area contributed by atoms with Crippen LogP contribution in [0, 0.1) is 0 Å². The number of amides is 4. The highest BCUT2D eigenvalue weighted by Crippen LogP contribution is 2.33. The number of carbonyl (C=O) groups excluding carboxylic acids is 3. The van der Waals surface area contributed by atoms with Crippen molar-refractivity contribution in [1.82, 2.24) is 15.2 Å². The highest BCUT2D eigenvalue weighted by atomic mass is 32.1. The van der Waals surface area contributed by atoms with Gasteiger partial charge in [-0.05, 0) is 12.8 Å². The van der Waals surface area contributed by atoms with Gasteiger partial charge >= 0.3 is 6.03 Å². The van der Waals surface area contributed by atoms with E-state index in [9.17, 15) is 14.4 Å². The third-order valence-corrected chi connectivity index (χ3v) is 5.16. The lowest BCUT2D eigenvalue weighted by Gasteiger charge is -2.24. The quantitative estimate of drug-likeness (QED) is 0.828. The summed E-state index contributed by atoms with van der Waals surface area (Å²) in [6.07, 6.45) is 5.56. The van der Waals surface area contributed by atoms with Gasteiger partial charge in [0.05, 0.1) is 12.2 Å². The summed E-state index contributed by atoms with van der Waals surface area (Å²) in [6, 6.07) is -0.342. The third-order valence-electron chi connectivity index (χ3n) is 4.36. The molecule has 0 unspecified atom stereocenters. The molecule has 2 N–H and O–H groups in total. The van der Waals surface area contributed by atoms with Gasteiger partial charge in [-0.1, -0.05) is 25.7 Å². The Morgan fingerprint density at radius 2 is 2.04 bits per heavy atom. The minimum absolute atomic E-state index is 0.140. The third kappa shape index (κ3) is 3.21. The number of nitrogens with one attached hydrogen (secondary N) is 2. The molecule has 1 aliphatic carbocycles. The summed E-state index contributed by atoms with van der Waals surface area (Å²) in [7, 11) is 0. The maximum absolute atomic E-state index is 12.8. The minimum Gasteiger partial charge on any atom is -0.323 e. The molecule has 0 bridgehead atoms. The summed E-state index contributed by atoms with van der Waals surface area (Å²) < 4.78 is 0. The fraction of sp³-hybridized carbons (Fsp3) is 0.600. The number of anilines is 1. The van der Waals surface area contributed by atoms with Gasteiger partial charge < -0.3 is 10.6 Å². The lowest BCUT2D eigenvalue weighted by molar-refractivity contribution is -0.132. The topological polar surface area (TPSA) is 91.4 Å². The van der Waals surface area contributed by atoms with E-state index in [2.05, 4.69) is 15.6 Å². The number of carbonyl (C=O) groups is 3. The van der Waals surface area contributed by atoms with Crippen LogP contribution in [-0.2, 0) is 16.1 Å². The van der Waals surface area contributed by atoms with Crippen LogP contribution < -0.4 is 10.6 Å². The molecule has 1 aromatic heterocycles. The maximum Gasteiger partial charge on any atom is 0.325 e. The van der Waals surface area contributed by atoms with Gasteiger partial charge in [0.2, 0.25) is 5.91 Å². The van der Waals surface area contributed by atoms with E-state index in [0.717, 1.165) is 25.7 Å². The van der Waals surface area contributed by atoms with E-state index in [0.29, 0.717) is 23.7 Å². The molecule has 1 aliphatic heterocycles. The van der Waals surface area contributed by atoms with Gasteiger partial charge in [0, 0.05) is 12.3 Å². The van der Waals surface area contributed by atoms with Crippen LogP contribution in [-0.4, -0.2) is 33.3 Å². The zero-order valence-electron chi connectivity index (χ0n) is 13.1. The van der Waals surface area contributed by atoms with E-state index in [1.807, 2.05) is 0 Å². The van der Waals surface area contributed by atoms with E-state index in [4.69, 9.17) is 0 Å². The number of hydrogen-bond donors (Lipinski definition) is 2. The second-order valence-electron chi connectivity index (χ2n) is 6.14. The first-order valence-corrected chi connectivity index (χ1v) is 8.74. The Kier molecular flexibility index (Phi) is 4.34. The average molecular weight is 336 g/mol. The average Bonchev–Trinajstić information content (AvgIpc) is 2.89. The fourth-order valence-electron chi connectivity index (χ4n) is 3.24. The number of nitrogens with zero attached hydrogens (tertiary/aromatic N) is 2. The fourth-order valence-corrected chi connectivity index (χ4v) is 3.99. The van der Waals surface area contributed by atoms with Crippen LogP contribution in [0.15, 0.2) is 5.38 Å². The minimum atomic E-state index is -0.718. The Labute approximate surface area is 138 Å². The Hall–Kier alpha value is -1.96. The lowest BCUT2D eigenvalue weighted by Crippen LogP contribution is -2.46. The zero-order valence-corrected chi connectivity index (χ0v) is 13.9. The van der Waals surface area contributed by atoms with Crippen LogP contribution in [0.25, 0.3) is 0 Å². The van der Waals surface area contributed by atoms with Crippen molar-refractivity contribution in [2.75, 3.05) is 5.32 Å². The Morgan fingerprint density at radius 3 is 2.70 bits per heavy atom. The van der Waals surface area contributed by atoms with E-state index < -0.39 is 5.54 Å². The van der Waals surface area contributed by atoms with Crippen molar-refractivity contribution >= 4 is 34.3 Å². The number of hydrogen-bond acceptors (Lipinski definition) is 5. The molecule has 4 amide bonds. The first kappa shape index (κ1) is 15.9. The molecule has 0 aromatic carbocycles. The molecule has 7 nitrogen and oxygen atoms in total. The highest BCUT2D eigenvalue weighted by Gasteiger charge is 2.50. The molecule has 3 rings (SSSR count). The molecule has 1 aromatic rings. The van der Waals surface area contributed by atoms with Gasteiger partial charge in [0.15, 0.2) is 5.13 Å². The van der Waals surface area contributed by atoms with Gasteiger partial charge in [0.25, 0.3) is 5.91 Å². The second kappa shape index (κ2) is 6.27. The van der Waals surface area contributed by atoms with Gasteiger partial charge in [-0.3, -0.25) is 14.5 Å². The van der Waals surface area contributed by atoms with Crippen molar-refractivity contribution in [2.45, 2.75) is 57.5 Å². The molecule has 8 heteroatoms. The van der Waals surface area contributed by atoms with Crippen LogP contribution in [0.4, 0.5) is 9.93 Å². The molecule has 1 saturated carbocycles. The van der Waals surface area contributed by atoms with Crippen molar-refractivity contribution in [2.24, 2.45) is 0 Å². The van der Waals surface area contributed by atoms with Crippen molar-refractivity contribution in [3.05, 3.63) is 11.1 Å². The number of aromatic nitrogens is 1. The zero-order chi connectivity index (χ0) is 16.4. The second-order valence-corrected chi connectivity index (χ2v) is 7.00. The molecule has 23 heavy (non-hydrogen) atoms. The Bertz CT molecular complexity index is 634. The van der Waals surface area contributed by atoms with E-state index in [1.54, 1.807) is 5.38 Å². The first-order valence-electron chi connectivity index (χ1n) is 7.86. The van der Waals surface area contributed by atoms with Gasteiger partial charge in [-0.2, -0.15) is 0 Å². The van der Waals surface area contributed by atoms with Gasteiger partial charge in [-0.25, -0.2) is 9.78 Å². The van der Waals surface area contributed by atoms with Crippen LogP contribution in [0.3, 0.4) is 0 Å². The number of imide groups is 1. The standard InChI is InChI=1S/C15H20N4O3S/c1-10(20)16-13-17-11(9-23-13)8-19-12(21)15(18-14(19)22)6-4-2-3-5-7-15/h9H,2-8H2,1H3,(H,18,22)(H,16,17,20). The van der Waals surface area contributed by atoms with Crippen LogP contribution in [0.5, 0.6) is 0 Å². The normalized spacial score (nSPS) is 20.5. The Morgan fingerprint density at radius 1 is 1.35 bits per heavy atom. The van der Waals surface area contributed by atoms with Crippen LogP contribution >= 0.6 is 11.3 Å². The summed E-state index contributed by atoms with van der Waals surface area (Å²) in [6.45, 7) is 1.55. The smallest absolute Gasteiger partial charge is 0.323 e. The van der Waals surface area contributed by atoms with Gasteiger partial charge in [-0.15, -0.1) is 11.3 Å². The summed E-state index contributed by atoms with van der Waals surface area (Å²) in [5.41, 5.74) is -0.114. The van der Waals surface area contributed by atoms with Crippen molar-refractivity contribution in [3.8, 4) is 0 Å². The lowest BCUT2D eigenvalue weighted by atomic mass is 9.90. The van der Waals surface area contributed by atoms with Crippen molar-refractivity contribution in [3.63, 3.8) is 0 Å². The largest absolute Gasteiger partial charge is 0.325 e. The molecular weight excluding hydrogens is 316 g/mol. The molecule has 2 fully saturated rings. The van der Waals surface area contributed by atoms with Crippen LogP contribution in [0.1, 0.15) is 51.1 Å². The monoisotopic (exact) mass is 336 g/mol. The van der Waals surface area contributed by atoms with E-state index >= 15 is 0 Å². The van der Waals surface area contributed by atoms with Crippen LogP contribution in [0.2, 0.25) is 0 Å². The number of thiazole rings is 1. The molecular formula is C15H20N4O3S. The van der Waals surface area contributed by atoms with Crippen molar-refractivity contribution in [1.29, 1.82) is 0 Å². The molecule has 1 spiro atoms. The molecule has 2 aliphatic rings. The molecule has 2 heterocycles. The first-order chi connectivity index (χ1) is 11.0. The Balaban J connectivity index is 1.72. The predicted molar refractivity (Wildman–Crippen MR) is 85.9 cm³/mol. The van der Waals surface area contributed by atoms with E-state index in [1.165, 1.54) is 23.2 Å². The summed E-state index contributed by atoms with van der Waals surface area (Å²) in [5.74, 6) is -0.336. The van der Waals surface area contributed by atoms with Gasteiger partial charge in [0.1, 0.15) is 5.54 Å². The van der Waals surface area contributed by atoms with E-state index in [-0.39, 0.29) is 24.4 Å². The SMILES string of the molecule is CC(=O)Nc1nc(CN2C(=O)NC3(CCCCCC3)C2=O)cs1. The summed E-state index contributed by atoms with van der Waals surface area (Å²) in [4.78, 5) is 41.6. The molecule has 0 atom stereocenters. The maximum atomic E-state index is 12.8. The molecule has 0 radical (unpaired) electrons.